The summed E-state index contributed by atoms with van der Waals surface area (Å²) in [5.41, 5.74) is -0.428. The van der Waals surface area contributed by atoms with Crippen molar-refractivity contribution in [1.29, 1.82) is 0 Å². The molecular formula is C25H19NO6. The number of ether oxygens (including phenoxy) is 1. The van der Waals surface area contributed by atoms with Crippen molar-refractivity contribution in [2.75, 3.05) is 6.61 Å². The molecule has 0 radical (unpaired) electrons. The average molecular weight is 429 g/mol. The molecule has 0 aliphatic carbocycles. The van der Waals surface area contributed by atoms with Gasteiger partial charge in [0.1, 0.15) is 28.4 Å². The number of benzene rings is 3. The number of carbonyl (C=O) groups is 1. The maximum Gasteiger partial charge on any atom is 0.362 e. The number of phenolic OH excluding ortho intramolecular Hbond substituents is 1. The molecule has 0 unspecified atom stereocenters. The quantitative estimate of drug-likeness (QED) is 0.117. The average Bonchev–Trinajstić information content (AvgIpc) is 2.80. The van der Waals surface area contributed by atoms with Gasteiger partial charge < -0.3 is 19.4 Å². The molecule has 1 heterocycles. The first-order chi connectivity index (χ1) is 15.5. The Kier molecular flexibility index (Phi) is 5.72. The second kappa shape index (κ2) is 8.77. The second-order valence-electron chi connectivity index (χ2n) is 6.88. The second-order valence-corrected chi connectivity index (χ2v) is 6.88. The summed E-state index contributed by atoms with van der Waals surface area (Å²) in [5, 5.41) is 22.7. The zero-order valence-corrected chi connectivity index (χ0v) is 17.1. The molecule has 4 rings (SSSR count). The topological polar surface area (TPSA) is 109 Å². The molecule has 0 bridgehead atoms. The van der Waals surface area contributed by atoms with Gasteiger partial charge in [-0.25, -0.2) is 14.6 Å². The predicted octanol–water partition coefficient (Wildman–Crippen LogP) is 4.89. The highest BCUT2D eigenvalue weighted by atomic mass is 16.5. The molecule has 0 saturated carbocycles. The van der Waals surface area contributed by atoms with Crippen LogP contribution in [0.15, 0.2) is 86.5 Å². The van der Waals surface area contributed by atoms with Gasteiger partial charge in [0.25, 0.3) is 0 Å². The number of fused-ring (bicyclic) bond motifs is 3. The van der Waals surface area contributed by atoms with Crippen molar-refractivity contribution in [2.45, 2.75) is 6.92 Å². The predicted molar refractivity (Wildman–Crippen MR) is 122 cm³/mol. The van der Waals surface area contributed by atoms with E-state index in [9.17, 15) is 19.8 Å². The van der Waals surface area contributed by atoms with E-state index in [4.69, 9.17) is 9.15 Å². The third-order valence-corrected chi connectivity index (χ3v) is 4.85. The summed E-state index contributed by atoms with van der Waals surface area (Å²) < 4.78 is 10.4. The first-order valence-corrected chi connectivity index (χ1v) is 9.88. The van der Waals surface area contributed by atoms with E-state index in [1.807, 2.05) is 0 Å². The van der Waals surface area contributed by atoms with Gasteiger partial charge in [0.15, 0.2) is 0 Å². The lowest BCUT2D eigenvalue weighted by Crippen LogP contribution is -2.11. The highest BCUT2D eigenvalue weighted by Crippen LogP contribution is 2.33. The van der Waals surface area contributed by atoms with Crippen molar-refractivity contribution in [3.63, 3.8) is 0 Å². The summed E-state index contributed by atoms with van der Waals surface area (Å²) in [5.74, 6) is -1.11. The van der Waals surface area contributed by atoms with Gasteiger partial charge >= 0.3 is 11.6 Å². The molecular weight excluding hydrogens is 410 g/mol. The molecule has 7 nitrogen and oxygen atoms in total. The molecule has 0 atom stereocenters. The normalized spacial score (nSPS) is 12.3. The summed E-state index contributed by atoms with van der Waals surface area (Å²) in [6, 6.07) is 18.5. The van der Waals surface area contributed by atoms with E-state index < -0.39 is 11.6 Å². The lowest BCUT2D eigenvalue weighted by atomic mass is 10.0. The number of aromatic hydroxyl groups is 1. The maximum absolute atomic E-state index is 12.5. The number of nitrogens with zero attached hydrogens (tertiary/aromatic N) is 1. The highest BCUT2D eigenvalue weighted by molar-refractivity contribution is 6.15. The molecule has 0 amide bonds. The summed E-state index contributed by atoms with van der Waals surface area (Å²) in [6.45, 7) is 1.75. The van der Waals surface area contributed by atoms with Crippen LogP contribution in [0.25, 0.3) is 27.5 Å². The van der Waals surface area contributed by atoms with E-state index in [2.05, 4.69) is 4.99 Å². The van der Waals surface area contributed by atoms with Crippen molar-refractivity contribution >= 4 is 45.4 Å². The molecule has 3 aromatic carbocycles. The first kappa shape index (κ1) is 20.9. The maximum atomic E-state index is 12.5. The van der Waals surface area contributed by atoms with Gasteiger partial charge in [0.05, 0.1) is 6.61 Å². The van der Waals surface area contributed by atoms with Gasteiger partial charge in [-0.3, -0.25) is 0 Å². The Bertz CT molecular complexity index is 1430. The van der Waals surface area contributed by atoms with Gasteiger partial charge in [-0.1, -0.05) is 54.6 Å². The fourth-order valence-corrected chi connectivity index (χ4v) is 3.33. The Balaban J connectivity index is 1.86. The van der Waals surface area contributed by atoms with Gasteiger partial charge in [0, 0.05) is 28.6 Å². The molecule has 0 saturated heterocycles. The summed E-state index contributed by atoms with van der Waals surface area (Å²) in [6.07, 6.45) is 1.08. The Morgan fingerprint density at radius 1 is 1.03 bits per heavy atom. The van der Waals surface area contributed by atoms with Gasteiger partial charge in [0.2, 0.25) is 0 Å². The minimum atomic E-state index is -0.779. The van der Waals surface area contributed by atoms with Crippen LogP contribution in [0.1, 0.15) is 12.5 Å². The largest absolute Gasteiger partial charge is 0.507 e. The van der Waals surface area contributed by atoms with Gasteiger partial charge in [-0.2, -0.15) is 0 Å². The number of hydrogen-bond donors (Lipinski definition) is 2. The van der Waals surface area contributed by atoms with Crippen molar-refractivity contribution in [3.8, 4) is 5.75 Å². The van der Waals surface area contributed by atoms with E-state index in [0.717, 1.165) is 6.21 Å². The first-order valence-electron chi connectivity index (χ1n) is 9.88. The van der Waals surface area contributed by atoms with E-state index in [1.54, 1.807) is 61.5 Å². The third kappa shape index (κ3) is 3.96. The number of aliphatic hydroxyl groups excluding tert-OH is 1. The van der Waals surface area contributed by atoms with E-state index in [1.165, 1.54) is 12.1 Å². The molecule has 0 spiro atoms. The smallest absolute Gasteiger partial charge is 0.362 e. The Hall–Kier alpha value is -4.39. The van der Waals surface area contributed by atoms with E-state index in [0.29, 0.717) is 21.7 Å². The van der Waals surface area contributed by atoms with Crippen molar-refractivity contribution in [1.82, 2.24) is 0 Å². The Morgan fingerprint density at radius 2 is 1.72 bits per heavy atom. The van der Waals surface area contributed by atoms with Crippen LogP contribution in [-0.4, -0.2) is 29.0 Å². The van der Waals surface area contributed by atoms with E-state index >= 15 is 0 Å². The number of esters is 1. The molecule has 0 aliphatic heterocycles. The fourth-order valence-electron chi connectivity index (χ4n) is 3.33. The lowest BCUT2D eigenvalue weighted by molar-refractivity contribution is -0.137. The standard InChI is InChI=1S/C25H19NO6/c1-2-31-24(29)19(23(28)15-8-4-3-5-9-15)14-26-20-12-18-16-10-6-7-11-17(16)21(27)13-22(18)32-25(20)30/h3-14,27-28H,2H2,1H3/b23-19+,26-14?. The molecule has 2 N–H and O–H groups in total. The number of carbonyl (C=O) groups excluding carboxylic acids is 1. The minimum Gasteiger partial charge on any atom is -0.507 e. The molecule has 1 aromatic heterocycles. The van der Waals surface area contributed by atoms with E-state index in [-0.39, 0.29) is 35.0 Å². The van der Waals surface area contributed by atoms with Crippen molar-refractivity contribution < 1.29 is 24.2 Å². The molecule has 0 fully saturated rings. The number of aliphatic hydroxyl groups is 1. The van der Waals surface area contributed by atoms with Crippen molar-refractivity contribution in [3.05, 3.63) is 88.3 Å². The van der Waals surface area contributed by atoms with Crippen molar-refractivity contribution in [2.24, 2.45) is 4.99 Å². The molecule has 4 aromatic rings. The SMILES string of the molecule is CCOC(=O)/C(C=Nc1cc2c(cc(O)c3ccccc32)oc1=O)=C(/O)c1ccccc1. The Labute approximate surface area is 182 Å². The minimum absolute atomic E-state index is 0.00665. The van der Waals surface area contributed by atoms with Crippen LogP contribution in [0.5, 0.6) is 5.75 Å². The van der Waals surface area contributed by atoms with Crippen LogP contribution in [0, 0.1) is 0 Å². The molecule has 0 aliphatic rings. The van der Waals surface area contributed by atoms with Crippen LogP contribution in [-0.2, 0) is 9.53 Å². The fraction of sp³-hybridized carbons (Fsp3) is 0.0800. The van der Waals surface area contributed by atoms with Gasteiger partial charge in [-0.15, -0.1) is 0 Å². The molecule has 7 heteroatoms. The zero-order chi connectivity index (χ0) is 22.7. The number of phenols is 1. The van der Waals surface area contributed by atoms with Crippen LogP contribution in [0.2, 0.25) is 0 Å². The summed E-state index contributed by atoms with van der Waals surface area (Å²) >= 11 is 0. The molecule has 160 valence electrons. The Morgan fingerprint density at radius 3 is 2.44 bits per heavy atom. The molecule has 32 heavy (non-hydrogen) atoms. The monoisotopic (exact) mass is 429 g/mol. The number of hydrogen-bond acceptors (Lipinski definition) is 7. The third-order valence-electron chi connectivity index (χ3n) is 4.85. The number of rotatable bonds is 5. The highest BCUT2D eigenvalue weighted by Gasteiger charge is 2.17. The van der Waals surface area contributed by atoms with Crippen LogP contribution < -0.4 is 5.63 Å². The van der Waals surface area contributed by atoms with Crippen LogP contribution in [0.3, 0.4) is 0 Å². The zero-order valence-electron chi connectivity index (χ0n) is 17.1. The van der Waals surface area contributed by atoms with Crippen LogP contribution in [0.4, 0.5) is 5.69 Å². The van der Waals surface area contributed by atoms with Crippen LogP contribution >= 0.6 is 0 Å². The lowest BCUT2D eigenvalue weighted by Gasteiger charge is -2.07. The summed E-state index contributed by atoms with van der Waals surface area (Å²) in [7, 11) is 0. The summed E-state index contributed by atoms with van der Waals surface area (Å²) in [4.78, 5) is 29.0. The number of aliphatic imine (C=N–C) groups is 1. The van der Waals surface area contributed by atoms with Gasteiger partial charge in [-0.05, 0) is 18.4 Å².